The SMILES string of the molecule is CCCC[C@H](NC(=O)OC1CC(C)(C)CN1C(=O)c1csc(-c2snnc2C)n1)C(=O)C(=O)NC(C)c1ccccc1. The highest BCUT2D eigenvalue weighted by Gasteiger charge is 2.43. The van der Waals surface area contributed by atoms with E-state index in [4.69, 9.17) is 4.74 Å². The lowest BCUT2D eigenvalue weighted by Crippen LogP contribution is -2.49. The van der Waals surface area contributed by atoms with Crippen LogP contribution in [0.25, 0.3) is 9.88 Å². The molecule has 11 nitrogen and oxygen atoms in total. The van der Waals surface area contributed by atoms with Crippen LogP contribution in [0.2, 0.25) is 0 Å². The molecule has 1 fully saturated rings. The summed E-state index contributed by atoms with van der Waals surface area (Å²) in [6.07, 6.45) is 0.361. The van der Waals surface area contributed by atoms with Crippen LogP contribution in [-0.2, 0) is 14.3 Å². The number of carbonyl (C=O) groups excluding carboxylic acids is 4. The first kappa shape index (κ1) is 31.2. The molecule has 4 rings (SSSR count). The van der Waals surface area contributed by atoms with Crippen LogP contribution in [0.1, 0.15) is 81.2 Å². The fourth-order valence-electron chi connectivity index (χ4n) is 4.80. The van der Waals surface area contributed by atoms with Crippen molar-refractivity contribution in [1.82, 2.24) is 30.1 Å². The number of unbranched alkanes of at least 4 members (excludes halogenated alkanes) is 1. The largest absolute Gasteiger partial charge is 0.425 e. The normalized spacial score (nSPS) is 17.4. The summed E-state index contributed by atoms with van der Waals surface area (Å²) in [5.74, 6) is -1.88. The van der Waals surface area contributed by atoms with Crippen molar-refractivity contribution in [2.75, 3.05) is 6.54 Å². The Labute approximate surface area is 253 Å². The Morgan fingerprint density at radius 1 is 1.17 bits per heavy atom. The van der Waals surface area contributed by atoms with E-state index in [1.807, 2.05) is 58.0 Å². The molecule has 1 aliphatic heterocycles. The van der Waals surface area contributed by atoms with Gasteiger partial charge in [-0.2, -0.15) is 0 Å². The van der Waals surface area contributed by atoms with Crippen molar-refractivity contribution in [3.8, 4) is 9.88 Å². The smallest absolute Gasteiger partial charge is 0.409 e. The van der Waals surface area contributed by atoms with E-state index in [0.29, 0.717) is 24.4 Å². The van der Waals surface area contributed by atoms with Gasteiger partial charge in [-0.1, -0.05) is 68.4 Å². The minimum Gasteiger partial charge on any atom is -0.425 e. The predicted molar refractivity (Wildman–Crippen MR) is 160 cm³/mol. The molecule has 0 radical (unpaired) electrons. The highest BCUT2D eigenvalue weighted by molar-refractivity contribution is 7.18. The van der Waals surface area contributed by atoms with Crippen molar-refractivity contribution in [1.29, 1.82) is 0 Å². The van der Waals surface area contributed by atoms with E-state index in [1.54, 1.807) is 12.3 Å². The number of alkyl carbamates (subject to hydrolysis) is 1. The van der Waals surface area contributed by atoms with Crippen molar-refractivity contribution >= 4 is 46.6 Å². The zero-order valence-corrected chi connectivity index (χ0v) is 26.0. The first-order valence-electron chi connectivity index (χ1n) is 13.9. The van der Waals surface area contributed by atoms with E-state index < -0.39 is 30.1 Å². The number of hydrogen-bond donors (Lipinski definition) is 2. The summed E-state index contributed by atoms with van der Waals surface area (Å²) in [6, 6.07) is 7.86. The molecule has 1 aliphatic rings. The molecule has 1 saturated heterocycles. The summed E-state index contributed by atoms with van der Waals surface area (Å²) in [5.41, 5.74) is 1.53. The fraction of sp³-hybridized carbons (Fsp3) is 0.483. The number of amides is 3. The third-order valence-electron chi connectivity index (χ3n) is 7.07. The van der Waals surface area contributed by atoms with Gasteiger partial charge >= 0.3 is 6.09 Å². The Morgan fingerprint density at radius 3 is 2.57 bits per heavy atom. The van der Waals surface area contributed by atoms with E-state index in [1.165, 1.54) is 27.8 Å². The van der Waals surface area contributed by atoms with Crippen LogP contribution in [-0.4, -0.2) is 62.0 Å². The molecule has 2 unspecified atom stereocenters. The van der Waals surface area contributed by atoms with Crippen LogP contribution in [0.5, 0.6) is 0 Å². The van der Waals surface area contributed by atoms with Crippen LogP contribution in [0, 0.1) is 12.3 Å². The quantitative estimate of drug-likeness (QED) is 0.291. The van der Waals surface area contributed by atoms with Crippen LogP contribution < -0.4 is 10.6 Å². The summed E-state index contributed by atoms with van der Waals surface area (Å²) in [5, 5.41) is 11.6. The standard InChI is InChI=1S/C29H36N6O5S2/c1-6-7-13-20(23(36)25(37)30-17(2)19-11-9-8-10-12-19)32-28(39)40-22-14-29(4,5)16-35(22)27(38)21-15-41-26(31-21)24-18(3)33-34-42-24/h8-12,15,17,20,22H,6-7,13-14,16H2,1-5H3,(H,30,37)(H,32,39)/t17?,20-,22?/m0/s1. The second-order valence-corrected chi connectivity index (χ2v) is 12.8. The number of rotatable bonds is 11. The lowest BCUT2D eigenvalue weighted by molar-refractivity contribution is -0.139. The molecular weight excluding hydrogens is 576 g/mol. The van der Waals surface area contributed by atoms with Gasteiger partial charge in [-0.3, -0.25) is 14.4 Å². The van der Waals surface area contributed by atoms with Crippen LogP contribution in [0.3, 0.4) is 0 Å². The van der Waals surface area contributed by atoms with Gasteiger partial charge in [-0.25, -0.2) is 9.78 Å². The molecule has 224 valence electrons. The number of ether oxygens (including phenoxy) is 1. The van der Waals surface area contributed by atoms with Crippen molar-refractivity contribution in [3.63, 3.8) is 0 Å². The molecule has 2 N–H and O–H groups in total. The summed E-state index contributed by atoms with van der Waals surface area (Å²) in [6.45, 7) is 9.91. The summed E-state index contributed by atoms with van der Waals surface area (Å²) >= 11 is 2.54. The maximum Gasteiger partial charge on any atom is 0.409 e. The minimum atomic E-state index is -1.06. The topological polar surface area (TPSA) is 143 Å². The van der Waals surface area contributed by atoms with Crippen molar-refractivity contribution < 1.29 is 23.9 Å². The van der Waals surface area contributed by atoms with Crippen LogP contribution in [0.4, 0.5) is 4.79 Å². The van der Waals surface area contributed by atoms with Gasteiger partial charge in [0.1, 0.15) is 21.6 Å². The third kappa shape index (κ3) is 7.57. The molecule has 0 spiro atoms. The average molecular weight is 613 g/mol. The maximum absolute atomic E-state index is 13.5. The van der Waals surface area contributed by atoms with Crippen molar-refractivity contribution in [2.45, 2.75) is 78.6 Å². The number of ketones is 1. The zero-order valence-electron chi connectivity index (χ0n) is 24.4. The number of aromatic nitrogens is 3. The van der Waals surface area contributed by atoms with Gasteiger partial charge in [-0.15, -0.1) is 16.4 Å². The first-order valence-corrected chi connectivity index (χ1v) is 15.6. The highest BCUT2D eigenvalue weighted by Crippen LogP contribution is 2.36. The number of hydrogen-bond acceptors (Lipinski definition) is 10. The van der Waals surface area contributed by atoms with Crippen LogP contribution >= 0.6 is 22.9 Å². The molecule has 3 aromatic rings. The van der Waals surface area contributed by atoms with Gasteiger partial charge in [0.05, 0.1) is 11.7 Å². The molecule has 0 bridgehead atoms. The van der Waals surface area contributed by atoms with E-state index in [9.17, 15) is 19.2 Å². The molecular formula is C29H36N6O5S2. The molecule has 1 aromatic carbocycles. The molecule has 3 heterocycles. The summed E-state index contributed by atoms with van der Waals surface area (Å²) in [4.78, 5) is 59.3. The van der Waals surface area contributed by atoms with Crippen molar-refractivity contribution in [3.05, 3.63) is 52.7 Å². The van der Waals surface area contributed by atoms with E-state index in [-0.39, 0.29) is 29.5 Å². The summed E-state index contributed by atoms with van der Waals surface area (Å²) in [7, 11) is 0. The predicted octanol–water partition coefficient (Wildman–Crippen LogP) is 4.90. The Hall–Kier alpha value is -3.71. The first-order chi connectivity index (χ1) is 20.0. The molecule has 42 heavy (non-hydrogen) atoms. The Bertz CT molecular complexity index is 1420. The number of likely N-dealkylation sites (tertiary alicyclic amines) is 1. The number of benzene rings is 1. The maximum atomic E-state index is 13.5. The van der Waals surface area contributed by atoms with E-state index in [0.717, 1.165) is 22.6 Å². The number of carbonyl (C=O) groups is 4. The highest BCUT2D eigenvalue weighted by atomic mass is 32.1. The minimum absolute atomic E-state index is 0.245. The average Bonchev–Trinajstić information content (AvgIpc) is 3.68. The van der Waals surface area contributed by atoms with Crippen LogP contribution in [0.15, 0.2) is 35.7 Å². The molecule has 2 aromatic heterocycles. The molecule has 0 aliphatic carbocycles. The molecule has 0 saturated carbocycles. The van der Waals surface area contributed by atoms with Gasteiger partial charge in [-0.05, 0) is 42.8 Å². The number of thiazole rings is 1. The molecule has 3 atom stereocenters. The second kappa shape index (κ2) is 13.5. The second-order valence-electron chi connectivity index (χ2n) is 11.2. The lowest BCUT2D eigenvalue weighted by atomic mass is 9.93. The van der Waals surface area contributed by atoms with E-state index in [2.05, 4.69) is 25.2 Å². The fourth-order valence-corrected chi connectivity index (χ4v) is 6.38. The Kier molecular flexibility index (Phi) is 10.0. The van der Waals surface area contributed by atoms with E-state index >= 15 is 0 Å². The lowest BCUT2D eigenvalue weighted by Gasteiger charge is -2.25. The van der Waals surface area contributed by atoms with Crippen molar-refractivity contribution in [2.24, 2.45) is 5.41 Å². The van der Waals surface area contributed by atoms with Gasteiger partial charge in [0, 0.05) is 18.3 Å². The monoisotopic (exact) mass is 612 g/mol. The van der Waals surface area contributed by atoms with Gasteiger partial charge in [0.15, 0.2) is 6.23 Å². The number of nitrogens with one attached hydrogen (secondary N) is 2. The van der Waals surface area contributed by atoms with Gasteiger partial charge < -0.3 is 20.3 Å². The summed E-state index contributed by atoms with van der Waals surface area (Å²) < 4.78 is 9.66. The van der Waals surface area contributed by atoms with Gasteiger partial charge in [0.2, 0.25) is 5.78 Å². The third-order valence-corrected chi connectivity index (χ3v) is 8.90. The zero-order chi connectivity index (χ0) is 30.4. The number of aryl methyl sites for hydroxylation is 1. The number of nitrogens with zero attached hydrogens (tertiary/aromatic N) is 4. The number of Topliss-reactive ketones (excluding diaryl/α,β-unsaturated/α-hetero) is 1. The van der Waals surface area contributed by atoms with Gasteiger partial charge in [0.25, 0.3) is 11.8 Å². The Balaban J connectivity index is 1.42. The molecule has 3 amide bonds. The Morgan fingerprint density at radius 2 is 1.90 bits per heavy atom. The molecule has 13 heteroatoms.